The second-order valence-corrected chi connectivity index (χ2v) is 4.75. The molecule has 4 heteroatoms. The first-order chi connectivity index (χ1) is 9.35. The third kappa shape index (κ3) is 2.69. The molecular weight excluding hydrogens is 238 g/mol. The number of fused-ring (bicyclic) bond motifs is 1. The molecule has 3 N–H and O–H groups in total. The number of aromatic nitrogens is 1. The summed E-state index contributed by atoms with van der Waals surface area (Å²) in [6.07, 6.45) is 4.88. The number of hydrogen-bond donors (Lipinski definition) is 2. The van der Waals surface area contributed by atoms with Crippen LogP contribution < -0.4 is 16.0 Å². The third-order valence-corrected chi connectivity index (χ3v) is 3.41. The summed E-state index contributed by atoms with van der Waals surface area (Å²) < 4.78 is 5.78. The quantitative estimate of drug-likeness (QED) is 0.653. The van der Waals surface area contributed by atoms with E-state index in [9.17, 15) is 0 Å². The summed E-state index contributed by atoms with van der Waals surface area (Å²) in [5.74, 6) is 7.31. The summed E-state index contributed by atoms with van der Waals surface area (Å²) >= 11 is 0. The molecule has 98 valence electrons. The van der Waals surface area contributed by atoms with Crippen molar-refractivity contribution >= 4 is 5.82 Å². The van der Waals surface area contributed by atoms with Crippen LogP contribution in [-0.4, -0.2) is 4.98 Å². The molecule has 2 aromatic rings. The van der Waals surface area contributed by atoms with Gasteiger partial charge in [-0.05, 0) is 55.0 Å². The van der Waals surface area contributed by atoms with Gasteiger partial charge in [0.05, 0.1) is 0 Å². The van der Waals surface area contributed by atoms with E-state index >= 15 is 0 Å². The number of nitrogens with one attached hydrogen (secondary N) is 1. The molecule has 0 unspecified atom stereocenters. The predicted molar refractivity (Wildman–Crippen MR) is 75.2 cm³/mol. The fourth-order valence-corrected chi connectivity index (χ4v) is 2.45. The molecule has 1 heterocycles. The Morgan fingerprint density at radius 1 is 1.05 bits per heavy atom. The molecule has 0 radical (unpaired) electrons. The minimum atomic E-state index is 0.547. The highest BCUT2D eigenvalue weighted by molar-refractivity contribution is 5.40. The second kappa shape index (κ2) is 5.28. The monoisotopic (exact) mass is 255 g/mol. The van der Waals surface area contributed by atoms with Gasteiger partial charge >= 0.3 is 0 Å². The highest BCUT2D eigenvalue weighted by atomic mass is 16.5. The Bertz CT molecular complexity index is 583. The highest BCUT2D eigenvalue weighted by Crippen LogP contribution is 2.27. The van der Waals surface area contributed by atoms with Gasteiger partial charge in [-0.3, -0.25) is 0 Å². The molecular formula is C15H17N3O. The number of nitrogens with two attached hydrogens (primary N) is 1. The number of pyridine rings is 1. The van der Waals surface area contributed by atoms with Gasteiger partial charge in [-0.1, -0.05) is 12.1 Å². The van der Waals surface area contributed by atoms with Crippen molar-refractivity contribution < 1.29 is 4.74 Å². The summed E-state index contributed by atoms with van der Waals surface area (Å²) in [6.45, 7) is 0. The number of anilines is 1. The number of hydrogen-bond acceptors (Lipinski definition) is 4. The molecule has 0 fully saturated rings. The second-order valence-electron chi connectivity index (χ2n) is 4.75. The lowest BCUT2D eigenvalue weighted by Gasteiger charge is -2.16. The standard InChI is InChI=1S/C15H17N3O/c16-18-14-6-3-7-15(17-14)19-13-9-8-11-4-1-2-5-12(11)10-13/h3,6-10H,1-2,4-5,16H2,(H,17,18). The van der Waals surface area contributed by atoms with Gasteiger partial charge in [0, 0.05) is 6.07 Å². The van der Waals surface area contributed by atoms with Crippen LogP contribution in [0.2, 0.25) is 0 Å². The van der Waals surface area contributed by atoms with Crippen LogP contribution >= 0.6 is 0 Å². The van der Waals surface area contributed by atoms with Crippen molar-refractivity contribution in [3.05, 3.63) is 47.5 Å². The van der Waals surface area contributed by atoms with Gasteiger partial charge in [0.1, 0.15) is 11.6 Å². The van der Waals surface area contributed by atoms with E-state index in [1.165, 1.54) is 30.4 Å². The van der Waals surface area contributed by atoms with Crippen LogP contribution in [0.4, 0.5) is 5.82 Å². The zero-order chi connectivity index (χ0) is 13.1. The number of nitrogen functional groups attached to an aromatic ring is 1. The van der Waals surface area contributed by atoms with Crippen molar-refractivity contribution in [2.24, 2.45) is 5.84 Å². The largest absolute Gasteiger partial charge is 0.439 e. The number of hydrazine groups is 1. The molecule has 0 atom stereocenters. The summed E-state index contributed by atoms with van der Waals surface area (Å²) in [5.41, 5.74) is 5.36. The highest BCUT2D eigenvalue weighted by Gasteiger charge is 2.10. The van der Waals surface area contributed by atoms with E-state index in [0.717, 1.165) is 12.2 Å². The average Bonchev–Trinajstić information content (AvgIpc) is 2.47. The molecule has 0 saturated heterocycles. The van der Waals surface area contributed by atoms with Gasteiger partial charge in [0.25, 0.3) is 0 Å². The van der Waals surface area contributed by atoms with Gasteiger partial charge in [-0.15, -0.1) is 0 Å². The summed E-state index contributed by atoms with van der Waals surface area (Å²) in [4.78, 5) is 4.24. The van der Waals surface area contributed by atoms with E-state index in [2.05, 4.69) is 22.5 Å². The molecule has 0 spiro atoms. The maximum atomic E-state index is 5.78. The van der Waals surface area contributed by atoms with Crippen LogP contribution in [0.15, 0.2) is 36.4 Å². The minimum absolute atomic E-state index is 0.547. The molecule has 0 amide bonds. The van der Waals surface area contributed by atoms with Crippen molar-refractivity contribution in [1.29, 1.82) is 0 Å². The van der Waals surface area contributed by atoms with E-state index in [0.29, 0.717) is 11.7 Å². The van der Waals surface area contributed by atoms with Gasteiger partial charge in [0.2, 0.25) is 5.88 Å². The predicted octanol–water partition coefficient (Wildman–Crippen LogP) is 3.04. The smallest absolute Gasteiger partial charge is 0.221 e. The number of benzene rings is 1. The molecule has 0 saturated carbocycles. The number of aryl methyl sites for hydroxylation is 2. The van der Waals surface area contributed by atoms with Crippen LogP contribution in [0.25, 0.3) is 0 Å². The van der Waals surface area contributed by atoms with Crippen molar-refractivity contribution in [3.8, 4) is 11.6 Å². The summed E-state index contributed by atoms with van der Waals surface area (Å²) in [7, 11) is 0. The van der Waals surface area contributed by atoms with Crippen LogP contribution in [0.1, 0.15) is 24.0 Å². The van der Waals surface area contributed by atoms with E-state index < -0.39 is 0 Å². The third-order valence-electron chi connectivity index (χ3n) is 3.41. The molecule has 4 nitrogen and oxygen atoms in total. The first-order valence-corrected chi connectivity index (χ1v) is 6.58. The van der Waals surface area contributed by atoms with Crippen molar-refractivity contribution in [3.63, 3.8) is 0 Å². The van der Waals surface area contributed by atoms with Gasteiger partial charge < -0.3 is 10.2 Å². The Labute approximate surface area is 112 Å². The van der Waals surface area contributed by atoms with Gasteiger partial charge in [0.15, 0.2) is 0 Å². The summed E-state index contributed by atoms with van der Waals surface area (Å²) in [5, 5.41) is 0. The molecule has 1 aromatic carbocycles. The molecule has 0 bridgehead atoms. The zero-order valence-electron chi connectivity index (χ0n) is 10.7. The molecule has 19 heavy (non-hydrogen) atoms. The summed E-state index contributed by atoms with van der Waals surface area (Å²) in [6, 6.07) is 11.8. The van der Waals surface area contributed by atoms with Gasteiger partial charge in [-0.25, -0.2) is 5.84 Å². The Balaban J connectivity index is 1.82. The van der Waals surface area contributed by atoms with E-state index in [-0.39, 0.29) is 0 Å². The Morgan fingerprint density at radius 3 is 2.74 bits per heavy atom. The normalized spacial score (nSPS) is 13.7. The Hall–Kier alpha value is -2.07. The fraction of sp³-hybridized carbons (Fsp3) is 0.267. The van der Waals surface area contributed by atoms with E-state index in [1.807, 2.05) is 18.2 Å². The van der Waals surface area contributed by atoms with E-state index in [1.54, 1.807) is 6.07 Å². The number of ether oxygens (including phenoxy) is 1. The molecule has 1 aliphatic carbocycles. The lowest BCUT2D eigenvalue weighted by Crippen LogP contribution is -2.08. The van der Waals surface area contributed by atoms with Gasteiger partial charge in [-0.2, -0.15) is 4.98 Å². The van der Waals surface area contributed by atoms with Crippen molar-refractivity contribution in [2.75, 3.05) is 5.43 Å². The lowest BCUT2D eigenvalue weighted by atomic mass is 9.92. The average molecular weight is 255 g/mol. The number of rotatable bonds is 3. The molecule has 1 aliphatic rings. The topological polar surface area (TPSA) is 60.2 Å². The Kier molecular flexibility index (Phi) is 3.33. The maximum absolute atomic E-state index is 5.78. The van der Waals surface area contributed by atoms with Crippen LogP contribution in [-0.2, 0) is 12.8 Å². The first-order valence-electron chi connectivity index (χ1n) is 6.58. The van der Waals surface area contributed by atoms with Crippen LogP contribution in [0, 0.1) is 0 Å². The van der Waals surface area contributed by atoms with E-state index in [4.69, 9.17) is 10.6 Å². The fourth-order valence-electron chi connectivity index (χ4n) is 2.45. The van der Waals surface area contributed by atoms with Crippen molar-refractivity contribution in [1.82, 2.24) is 4.98 Å². The maximum Gasteiger partial charge on any atom is 0.221 e. The molecule has 0 aliphatic heterocycles. The number of nitrogens with zero attached hydrogens (tertiary/aromatic N) is 1. The Morgan fingerprint density at radius 2 is 1.89 bits per heavy atom. The zero-order valence-corrected chi connectivity index (χ0v) is 10.7. The minimum Gasteiger partial charge on any atom is -0.439 e. The SMILES string of the molecule is NNc1cccc(Oc2ccc3c(c2)CCCC3)n1. The first kappa shape index (κ1) is 12.0. The lowest BCUT2D eigenvalue weighted by molar-refractivity contribution is 0.462. The van der Waals surface area contributed by atoms with Crippen molar-refractivity contribution in [2.45, 2.75) is 25.7 Å². The molecule has 1 aromatic heterocycles. The van der Waals surface area contributed by atoms with Crippen LogP contribution in [0.5, 0.6) is 11.6 Å². The van der Waals surface area contributed by atoms with Crippen LogP contribution in [0.3, 0.4) is 0 Å². The molecule has 3 rings (SSSR count).